The predicted octanol–water partition coefficient (Wildman–Crippen LogP) is 3.54. The molecule has 0 saturated carbocycles. The first kappa shape index (κ1) is 15.1. The van der Waals surface area contributed by atoms with Gasteiger partial charge in [0.05, 0.1) is 6.10 Å². The largest absolute Gasteiger partial charge is 0.573 e. The Kier molecular flexibility index (Phi) is 4.88. The van der Waals surface area contributed by atoms with Crippen molar-refractivity contribution in [3.05, 3.63) is 29.8 Å². The van der Waals surface area contributed by atoms with Gasteiger partial charge in [-0.3, -0.25) is 0 Å². The summed E-state index contributed by atoms with van der Waals surface area (Å²) < 4.78 is 45.4. The van der Waals surface area contributed by atoms with E-state index in [9.17, 15) is 13.2 Å². The Balaban J connectivity index is 1.85. The van der Waals surface area contributed by atoms with Gasteiger partial charge in [0.25, 0.3) is 0 Å². The number of halogens is 3. The third-order valence-corrected chi connectivity index (χ3v) is 3.37. The lowest BCUT2D eigenvalue weighted by atomic mass is 10.00. The van der Waals surface area contributed by atoms with Gasteiger partial charge in [0.1, 0.15) is 5.75 Å². The standard InChI is InChI=1S/C14H18F3NO2/c15-14(16,17)20-12-5-3-10(4-6-12)13(18)8-7-11-2-1-9-19-11/h3-6,11,13H,1-2,7-9,18H2. The average molecular weight is 289 g/mol. The first-order valence-electron chi connectivity index (χ1n) is 6.67. The van der Waals surface area contributed by atoms with E-state index in [1.54, 1.807) is 12.1 Å². The summed E-state index contributed by atoms with van der Waals surface area (Å²) in [6.45, 7) is 0.809. The molecular formula is C14H18F3NO2. The van der Waals surface area contributed by atoms with Crippen LogP contribution in [0.1, 0.15) is 37.3 Å². The van der Waals surface area contributed by atoms with Crippen molar-refractivity contribution in [3.63, 3.8) is 0 Å². The molecule has 2 unspecified atom stereocenters. The van der Waals surface area contributed by atoms with Crippen LogP contribution in [0, 0.1) is 0 Å². The second kappa shape index (κ2) is 6.45. The van der Waals surface area contributed by atoms with E-state index in [2.05, 4.69) is 4.74 Å². The summed E-state index contributed by atoms with van der Waals surface area (Å²) in [5.41, 5.74) is 6.84. The molecule has 6 heteroatoms. The van der Waals surface area contributed by atoms with Crippen LogP contribution in [0.25, 0.3) is 0 Å². The highest BCUT2D eigenvalue weighted by atomic mass is 19.4. The Labute approximate surface area is 115 Å². The molecule has 0 bridgehead atoms. The Morgan fingerprint density at radius 1 is 1.30 bits per heavy atom. The van der Waals surface area contributed by atoms with Crippen LogP contribution in [-0.4, -0.2) is 19.1 Å². The molecule has 3 nitrogen and oxygen atoms in total. The van der Waals surface area contributed by atoms with E-state index in [1.807, 2.05) is 0 Å². The molecule has 2 rings (SSSR count). The van der Waals surface area contributed by atoms with Gasteiger partial charge in [-0.1, -0.05) is 12.1 Å². The molecule has 1 aliphatic rings. The van der Waals surface area contributed by atoms with Crippen LogP contribution in [0.4, 0.5) is 13.2 Å². The van der Waals surface area contributed by atoms with E-state index >= 15 is 0 Å². The van der Waals surface area contributed by atoms with Crippen LogP contribution in [0.15, 0.2) is 24.3 Å². The van der Waals surface area contributed by atoms with Gasteiger partial charge < -0.3 is 15.2 Å². The maximum absolute atomic E-state index is 12.0. The fraction of sp³-hybridized carbons (Fsp3) is 0.571. The molecule has 1 aromatic carbocycles. The van der Waals surface area contributed by atoms with Gasteiger partial charge in [-0.15, -0.1) is 13.2 Å². The van der Waals surface area contributed by atoms with E-state index in [-0.39, 0.29) is 17.9 Å². The lowest BCUT2D eigenvalue weighted by molar-refractivity contribution is -0.274. The molecule has 1 aromatic rings. The fourth-order valence-electron chi connectivity index (χ4n) is 2.32. The van der Waals surface area contributed by atoms with Gasteiger partial charge in [-0.25, -0.2) is 0 Å². The van der Waals surface area contributed by atoms with Gasteiger partial charge >= 0.3 is 6.36 Å². The molecule has 1 heterocycles. The van der Waals surface area contributed by atoms with Gasteiger partial charge in [0, 0.05) is 12.6 Å². The first-order valence-corrected chi connectivity index (χ1v) is 6.67. The molecule has 2 N–H and O–H groups in total. The Morgan fingerprint density at radius 2 is 2.00 bits per heavy atom. The van der Waals surface area contributed by atoms with Crippen LogP contribution in [0.3, 0.4) is 0 Å². The molecule has 2 atom stereocenters. The highest BCUT2D eigenvalue weighted by molar-refractivity contribution is 5.29. The van der Waals surface area contributed by atoms with Crippen molar-refractivity contribution in [1.29, 1.82) is 0 Å². The maximum Gasteiger partial charge on any atom is 0.573 e. The lowest BCUT2D eigenvalue weighted by Crippen LogP contribution is -2.17. The van der Waals surface area contributed by atoms with E-state index in [0.717, 1.165) is 37.9 Å². The number of ether oxygens (including phenoxy) is 2. The number of hydrogen-bond acceptors (Lipinski definition) is 3. The Hall–Kier alpha value is -1.27. The number of rotatable bonds is 5. The summed E-state index contributed by atoms with van der Waals surface area (Å²) in [6.07, 6.45) is -0.613. The zero-order valence-electron chi connectivity index (χ0n) is 11.0. The number of nitrogens with two attached hydrogens (primary N) is 1. The zero-order chi connectivity index (χ0) is 14.6. The Morgan fingerprint density at radius 3 is 2.55 bits per heavy atom. The topological polar surface area (TPSA) is 44.5 Å². The first-order chi connectivity index (χ1) is 9.44. The highest BCUT2D eigenvalue weighted by Gasteiger charge is 2.31. The molecule has 1 aliphatic heterocycles. The monoisotopic (exact) mass is 289 g/mol. The van der Waals surface area contributed by atoms with Crippen molar-refractivity contribution in [2.75, 3.05) is 6.61 Å². The van der Waals surface area contributed by atoms with Crippen molar-refractivity contribution < 1.29 is 22.6 Å². The summed E-state index contributed by atoms with van der Waals surface area (Å²) in [7, 11) is 0. The van der Waals surface area contributed by atoms with E-state index < -0.39 is 6.36 Å². The number of alkyl halides is 3. The van der Waals surface area contributed by atoms with Crippen LogP contribution in [-0.2, 0) is 4.74 Å². The minimum atomic E-state index is -4.66. The lowest BCUT2D eigenvalue weighted by Gasteiger charge is -2.16. The van der Waals surface area contributed by atoms with Crippen LogP contribution in [0.2, 0.25) is 0 Å². The normalized spacial score (nSPS) is 20.9. The van der Waals surface area contributed by atoms with Gasteiger partial charge in [0.2, 0.25) is 0 Å². The molecule has 0 spiro atoms. The third-order valence-electron chi connectivity index (χ3n) is 3.37. The van der Waals surface area contributed by atoms with Crippen molar-refractivity contribution in [3.8, 4) is 5.75 Å². The van der Waals surface area contributed by atoms with Crippen LogP contribution in [0.5, 0.6) is 5.75 Å². The molecule has 0 aliphatic carbocycles. The molecule has 0 radical (unpaired) electrons. The summed E-state index contributed by atoms with van der Waals surface area (Å²) in [5, 5.41) is 0. The molecule has 1 saturated heterocycles. The van der Waals surface area contributed by atoms with Gasteiger partial charge in [-0.2, -0.15) is 0 Å². The summed E-state index contributed by atoms with van der Waals surface area (Å²) in [5.74, 6) is -0.229. The second-order valence-electron chi connectivity index (χ2n) is 4.94. The molecule has 1 fully saturated rings. The number of hydrogen-bond donors (Lipinski definition) is 1. The quantitative estimate of drug-likeness (QED) is 0.901. The second-order valence-corrected chi connectivity index (χ2v) is 4.94. The fourth-order valence-corrected chi connectivity index (χ4v) is 2.32. The third kappa shape index (κ3) is 4.68. The smallest absolute Gasteiger partial charge is 0.406 e. The van der Waals surface area contributed by atoms with Crippen molar-refractivity contribution in [2.45, 2.75) is 44.2 Å². The zero-order valence-corrected chi connectivity index (χ0v) is 11.0. The molecular weight excluding hydrogens is 271 g/mol. The van der Waals surface area contributed by atoms with Crippen molar-refractivity contribution in [1.82, 2.24) is 0 Å². The minimum absolute atomic E-state index is 0.195. The average Bonchev–Trinajstić information content (AvgIpc) is 2.88. The summed E-state index contributed by atoms with van der Waals surface area (Å²) in [4.78, 5) is 0. The minimum Gasteiger partial charge on any atom is -0.406 e. The van der Waals surface area contributed by atoms with Crippen LogP contribution < -0.4 is 10.5 Å². The van der Waals surface area contributed by atoms with Crippen LogP contribution >= 0.6 is 0 Å². The van der Waals surface area contributed by atoms with Crippen molar-refractivity contribution in [2.24, 2.45) is 5.73 Å². The van der Waals surface area contributed by atoms with Gasteiger partial charge in [-0.05, 0) is 43.4 Å². The van der Waals surface area contributed by atoms with E-state index in [4.69, 9.17) is 10.5 Å². The SMILES string of the molecule is NC(CCC1CCCO1)c1ccc(OC(F)(F)F)cc1. The number of benzene rings is 1. The molecule has 0 aromatic heterocycles. The van der Waals surface area contributed by atoms with Gasteiger partial charge in [0.15, 0.2) is 0 Å². The Bertz CT molecular complexity index is 413. The maximum atomic E-state index is 12.0. The van der Waals surface area contributed by atoms with E-state index in [0.29, 0.717) is 0 Å². The highest BCUT2D eigenvalue weighted by Crippen LogP contribution is 2.26. The van der Waals surface area contributed by atoms with E-state index in [1.165, 1.54) is 12.1 Å². The molecule has 0 amide bonds. The summed E-state index contributed by atoms with van der Waals surface area (Å²) in [6, 6.07) is 5.52. The molecule has 112 valence electrons. The van der Waals surface area contributed by atoms with Crippen molar-refractivity contribution >= 4 is 0 Å². The molecule has 20 heavy (non-hydrogen) atoms. The predicted molar refractivity (Wildman–Crippen MR) is 68.3 cm³/mol. The summed E-state index contributed by atoms with van der Waals surface area (Å²) >= 11 is 0.